The molecular weight excluding hydrogens is 494 g/mol. The summed E-state index contributed by atoms with van der Waals surface area (Å²) in [7, 11) is 2.95. The number of ether oxygens (including phenoxy) is 2. The van der Waals surface area contributed by atoms with E-state index in [0.29, 0.717) is 23.5 Å². The van der Waals surface area contributed by atoms with Gasteiger partial charge in [0, 0.05) is 5.56 Å². The highest BCUT2D eigenvalue weighted by molar-refractivity contribution is 6.01. The summed E-state index contributed by atoms with van der Waals surface area (Å²) in [5.74, 6) is -0.220. The second-order valence-corrected chi connectivity index (χ2v) is 10.1. The summed E-state index contributed by atoms with van der Waals surface area (Å²) >= 11 is 0. The van der Waals surface area contributed by atoms with Crippen molar-refractivity contribution in [3.05, 3.63) is 83.9 Å². The van der Waals surface area contributed by atoms with E-state index in [2.05, 4.69) is 13.2 Å². The standard InChI is InChI=1S/C26H25NO5.C4H10O.C2H4/c1-15-5-7-17(8-6-15)22-12-23-20-10-9-19(31-3)11-18(20)14-27(26(30)32-4)25(23)16(2)21(22)13-24(28)29;1-4(2,3)5;1-2/h5-12H,13-14H2,1-4H3,(H,28,29);5H,1-3H3;1-2H2. The number of hydrogen-bond donors (Lipinski definition) is 2. The van der Waals surface area contributed by atoms with E-state index in [9.17, 15) is 14.7 Å². The summed E-state index contributed by atoms with van der Waals surface area (Å²) in [6.07, 6.45) is -0.639. The van der Waals surface area contributed by atoms with Crippen molar-refractivity contribution in [2.45, 2.75) is 53.2 Å². The van der Waals surface area contributed by atoms with Crippen LogP contribution in [0.25, 0.3) is 22.3 Å². The Labute approximate surface area is 231 Å². The zero-order valence-electron chi connectivity index (χ0n) is 23.9. The van der Waals surface area contributed by atoms with Crippen molar-refractivity contribution < 1.29 is 29.3 Å². The highest BCUT2D eigenvalue weighted by Gasteiger charge is 2.31. The van der Waals surface area contributed by atoms with E-state index in [1.807, 2.05) is 62.4 Å². The van der Waals surface area contributed by atoms with Gasteiger partial charge in [0.1, 0.15) is 5.75 Å². The molecule has 0 saturated carbocycles. The molecule has 0 fully saturated rings. The average molecular weight is 534 g/mol. The summed E-state index contributed by atoms with van der Waals surface area (Å²) < 4.78 is 10.4. The molecule has 208 valence electrons. The van der Waals surface area contributed by atoms with E-state index in [4.69, 9.17) is 14.6 Å². The number of benzene rings is 3. The van der Waals surface area contributed by atoms with Gasteiger partial charge in [-0.2, -0.15) is 0 Å². The van der Waals surface area contributed by atoms with Crippen LogP contribution in [0.15, 0.2) is 61.7 Å². The van der Waals surface area contributed by atoms with Crippen molar-refractivity contribution >= 4 is 17.7 Å². The molecule has 0 aromatic heterocycles. The molecule has 0 spiro atoms. The Morgan fingerprint density at radius 3 is 2.05 bits per heavy atom. The fourth-order valence-corrected chi connectivity index (χ4v) is 4.38. The summed E-state index contributed by atoms with van der Waals surface area (Å²) in [4.78, 5) is 26.0. The maximum Gasteiger partial charge on any atom is 0.414 e. The van der Waals surface area contributed by atoms with E-state index in [1.165, 1.54) is 7.11 Å². The third kappa shape index (κ3) is 7.71. The SMILES string of the molecule is C=C.CC(C)(C)O.COC(=O)N1Cc2cc(OC)ccc2-c2cc(-c3ccc(C)cc3)c(CC(=O)O)c(C)c21. The Balaban J connectivity index is 0.000000686. The van der Waals surface area contributed by atoms with Gasteiger partial charge in [-0.25, -0.2) is 4.79 Å². The molecule has 0 radical (unpaired) electrons. The number of rotatable bonds is 4. The quantitative estimate of drug-likeness (QED) is 0.353. The van der Waals surface area contributed by atoms with Crippen LogP contribution in [0, 0.1) is 13.8 Å². The molecule has 1 heterocycles. The maximum absolute atomic E-state index is 12.7. The molecule has 1 amide bonds. The van der Waals surface area contributed by atoms with E-state index in [1.54, 1.807) is 32.8 Å². The molecular formula is C32H39NO6. The predicted molar refractivity (Wildman–Crippen MR) is 156 cm³/mol. The first-order valence-electron chi connectivity index (χ1n) is 12.5. The largest absolute Gasteiger partial charge is 0.497 e. The number of aliphatic carboxylic acids is 1. The maximum atomic E-state index is 12.7. The molecule has 39 heavy (non-hydrogen) atoms. The summed E-state index contributed by atoms with van der Waals surface area (Å²) in [5.41, 5.74) is 7.31. The number of hydrogen-bond acceptors (Lipinski definition) is 5. The minimum absolute atomic E-state index is 0.146. The molecule has 0 bridgehead atoms. The highest BCUT2D eigenvalue weighted by Crippen LogP contribution is 2.46. The number of aliphatic hydroxyl groups is 1. The van der Waals surface area contributed by atoms with Crippen molar-refractivity contribution in [3.63, 3.8) is 0 Å². The van der Waals surface area contributed by atoms with E-state index in [-0.39, 0.29) is 6.42 Å². The van der Waals surface area contributed by atoms with Crippen LogP contribution in [0.2, 0.25) is 0 Å². The molecule has 3 aromatic carbocycles. The number of carbonyl (C=O) groups excluding carboxylic acids is 1. The number of carbonyl (C=O) groups is 2. The molecule has 1 aliphatic rings. The molecule has 0 saturated heterocycles. The Morgan fingerprint density at radius 2 is 1.54 bits per heavy atom. The van der Waals surface area contributed by atoms with Crippen LogP contribution in [0.3, 0.4) is 0 Å². The first-order chi connectivity index (χ1) is 18.3. The lowest BCUT2D eigenvalue weighted by molar-refractivity contribution is -0.136. The second-order valence-electron chi connectivity index (χ2n) is 10.1. The molecule has 3 aromatic rings. The van der Waals surface area contributed by atoms with E-state index in [0.717, 1.165) is 38.9 Å². The predicted octanol–water partition coefficient (Wildman–Crippen LogP) is 6.94. The third-order valence-corrected chi connectivity index (χ3v) is 5.96. The number of methoxy groups -OCH3 is 2. The van der Waals surface area contributed by atoms with Gasteiger partial charge in [0.2, 0.25) is 0 Å². The number of carboxylic acids is 1. The van der Waals surface area contributed by atoms with Gasteiger partial charge in [-0.3, -0.25) is 9.69 Å². The van der Waals surface area contributed by atoms with Crippen molar-refractivity contribution in [2.24, 2.45) is 0 Å². The number of amides is 1. The van der Waals surface area contributed by atoms with Crippen molar-refractivity contribution in [2.75, 3.05) is 19.1 Å². The van der Waals surface area contributed by atoms with Crippen molar-refractivity contribution in [1.82, 2.24) is 0 Å². The van der Waals surface area contributed by atoms with Crippen LogP contribution in [-0.4, -0.2) is 42.1 Å². The lowest BCUT2D eigenvalue weighted by Crippen LogP contribution is -2.34. The minimum Gasteiger partial charge on any atom is -0.497 e. The lowest BCUT2D eigenvalue weighted by atomic mass is 9.84. The molecule has 7 nitrogen and oxygen atoms in total. The highest BCUT2D eigenvalue weighted by atomic mass is 16.5. The molecule has 0 aliphatic carbocycles. The minimum atomic E-state index is -0.924. The van der Waals surface area contributed by atoms with Gasteiger partial charge < -0.3 is 19.7 Å². The van der Waals surface area contributed by atoms with Crippen molar-refractivity contribution in [1.29, 1.82) is 0 Å². The first-order valence-corrected chi connectivity index (χ1v) is 12.5. The topological polar surface area (TPSA) is 96.3 Å². The zero-order chi connectivity index (χ0) is 29.5. The fourth-order valence-electron chi connectivity index (χ4n) is 4.38. The molecule has 0 atom stereocenters. The zero-order valence-corrected chi connectivity index (χ0v) is 23.9. The monoisotopic (exact) mass is 533 g/mol. The number of fused-ring (bicyclic) bond motifs is 3. The number of aryl methyl sites for hydroxylation is 1. The van der Waals surface area contributed by atoms with Gasteiger partial charge in [-0.15, -0.1) is 13.2 Å². The Kier molecular flexibility index (Phi) is 10.5. The van der Waals surface area contributed by atoms with Gasteiger partial charge in [0.15, 0.2) is 0 Å². The molecule has 7 heteroatoms. The van der Waals surface area contributed by atoms with Crippen LogP contribution in [-0.2, 0) is 22.5 Å². The number of anilines is 1. The third-order valence-electron chi connectivity index (χ3n) is 5.96. The smallest absolute Gasteiger partial charge is 0.414 e. The normalized spacial score (nSPS) is 11.5. The van der Waals surface area contributed by atoms with E-state index < -0.39 is 17.7 Å². The van der Waals surface area contributed by atoms with Gasteiger partial charge in [0.25, 0.3) is 0 Å². The van der Waals surface area contributed by atoms with Crippen molar-refractivity contribution in [3.8, 4) is 28.0 Å². The Bertz CT molecular complexity index is 1320. The van der Waals surface area contributed by atoms with Gasteiger partial charge in [-0.1, -0.05) is 35.9 Å². The van der Waals surface area contributed by atoms with Gasteiger partial charge in [-0.05, 0) is 86.2 Å². The molecule has 4 rings (SSSR count). The fraction of sp³-hybridized carbons (Fsp3) is 0.312. The van der Waals surface area contributed by atoms with Crippen LogP contribution in [0.4, 0.5) is 10.5 Å². The molecule has 0 unspecified atom stereocenters. The Morgan fingerprint density at radius 1 is 0.949 bits per heavy atom. The van der Waals surface area contributed by atoms with Crippen LogP contribution in [0.1, 0.15) is 43.0 Å². The summed E-state index contributed by atoms with van der Waals surface area (Å²) in [6, 6.07) is 15.8. The van der Waals surface area contributed by atoms with Crippen LogP contribution < -0.4 is 9.64 Å². The Hall–Kier alpha value is -4.10. The molecule has 1 aliphatic heterocycles. The number of carboxylic acid groups (broad SMARTS) is 1. The average Bonchev–Trinajstić information content (AvgIpc) is 2.89. The first kappa shape index (κ1) is 31.1. The molecule has 2 N–H and O–H groups in total. The van der Waals surface area contributed by atoms with Crippen LogP contribution in [0.5, 0.6) is 5.75 Å². The lowest BCUT2D eigenvalue weighted by Gasteiger charge is -2.33. The van der Waals surface area contributed by atoms with Crippen LogP contribution >= 0.6 is 0 Å². The van der Waals surface area contributed by atoms with Gasteiger partial charge >= 0.3 is 12.1 Å². The summed E-state index contributed by atoms with van der Waals surface area (Å²) in [5, 5.41) is 18.1. The second kappa shape index (κ2) is 13.1. The van der Waals surface area contributed by atoms with Gasteiger partial charge in [0.05, 0.1) is 38.5 Å². The van der Waals surface area contributed by atoms with E-state index >= 15 is 0 Å². The summed E-state index contributed by atoms with van der Waals surface area (Å²) in [6.45, 7) is 15.4. The number of nitrogens with zero attached hydrogens (tertiary/aromatic N) is 1.